The number of amides is 2. The highest BCUT2D eigenvalue weighted by atomic mass is 16.5. The van der Waals surface area contributed by atoms with Crippen LogP contribution in [0.2, 0.25) is 0 Å². The van der Waals surface area contributed by atoms with E-state index in [1.807, 2.05) is 0 Å². The van der Waals surface area contributed by atoms with Gasteiger partial charge in [-0.25, -0.2) is 0 Å². The van der Waals surface area contributed by atoms with Crippen molar-refractivity contribution < 1.29 is 14.1 Å². The zero-order valence-electron chi connectivity index (χ0n) is 11.6. The molecule has 1 aromatic rings. The first-order valence-corrected chi connectivity index (χ1v) is 7.17. The van der Waals surface area contributed by atoms with Crippen LogP contribution in [0.4, 0.5) is 5.82 Å². The second-order valence-corrected chi connectivity index (χ2v) is 5.69. The lowest BCUT2D eigenvalue weighted by Crippen LogP contribution is -2.38. The Kier molecular flexibility index (Phi) is 3.46. The topological polar surface area (TPSA) is 75.4 Å². The molecule has 1 atom stereocenters. The highest BCUT2D eigenvalue weighted by molar-refractivity contribution is 5.99. The first-order chi connectivity index (χ1) is 9.63. The molecule has 0 aromatic carbocycles. The standard InChI is InChI=1S/C14H19N3O3/c1-9-6-12(16-20-9)17-8-10(7-13(17)18)14(19)15-11-4-2-3-5-11/h6,10-11H,2-5,7-8H2,1H3,(H,15,19). The Balaban J connectivity index is 1.62. The zero-order valence-corrected chi connectivity index (χ0v) is 11.6. The maximum absolute atomic E-state index is 12.2. The molecule has 0 radical (unpaired) electrons. The van der Waals surface area contributed by atoms with Crippen molar-refractivity contribution in [2.75, 3.05) is 11.4 Å². The fraction of sp³-hybridized carbons (Fsp3) is 0.643. The van der Waals surface area contributed by atoms with Gasteiger partial charge in [0.15, 0.2) is 5.82 Å². The molecule has 108 valence electrons. The summed E-state index contributed by atoms with van der Waals surface area (Å²) in [6.45, 7) is 2.17. The Bertz CT molecular complexity index is 519. The van der Waals surface area contributed by atoms with Gasteiger partial charge in [-0.15, -0.1) is 0 Å². The lowest BCUT2D eigenvalue weighted by molar-refractivity contribution is -0.126. The Labute approximate surface area is 117 Å². The minimum Gasteiger partial charge on any atom is -0.360 e. The molecule has 6 heteroatoms. The van der Waals surface area contributed by atoms with E-state index in [1.165, 1.54) is 17.7 Å². The number of nitrogens with one attached hydrogen (secondary N) is 1. The van der Waals surface area contributed by atoms with E-state index in [4.69, 9.17) is 4.52 Å². The largest absolute Gasteiger partial charge is 0.360 e. The normalized spacial score (nSPS) is 23.6. The van der Waals surface area contributed by atoms with Crippen molar-refractivity contribution in [3.63, 3.8) is 0 Å². The minimum absolute atomic E-state index is 0.00651. The van der Waals surface area contributed by atoms with Crippen molar-refractivity contribution in [2.45, 2.75) is 45.1 Å². The predicted molar refractivity (Wildman–Crippen MR) is 72.1 cm³/mol. The van der Waals surface area contributed by atoms with Gasteiger partial charge >= 0.3 is 0 Å². The van der Waals surface area contributed by atoms with Gasteiger partial charge in [-0.1, -0.05) is 18.0 Å². The summed E-state index contributed by atoms with van der Waals surface area (Å²) < 4.78 is 4.98. The molecule has 1 aromatic heterocycles. The number of nitrogens with zero attached hydrogens (tertiary/aromatic N) is 2. The smallest absolute Gasteiger partial charge is 0.229 e. The summed E-state index contributed by atoms with van der Waals surface area (Å²) in [5, 5.41) is 6.90. The van der Waals surface area contributed by atoms with E-state index in [2.05, 4.69) is 10.5 Å². The molecule has 2 fully saturated rings. The third-order valence-electron chi connectivity index (χ3n) is 4.09. The number of aromatic nitrogens is 1. The summed E-state index contributed by atoms with van der Waals surface area (Å²) in [7, 11) is 0. The van der Waals surface area contributed by atoms with Gasteiger partial charge in [0, 0.05) is 25.1 Å². The Hall–Kier alpha value is -1.85. The highest BCUT2D eigenvalue weighted by Crippen LogP contribution is 2.25. The van der Waals surface area contributed by atoms with Crippen molar-refractivity contribution in [3.05, 3.63) is 11.8 Å². The van der Waals surface area contributed by atoms with Crippen LogP contribution in [0.3, 0.4) is 0 Å². The maximum Gasteiger partial charge on any atom is 0.229 e. The SMILES string of the molecule is Cc1cc(N2CC(C(=O)NC3CCCC3)CC2=O)no1. The molecule has 20 heavy (non-hydrogen) atoms. The van der Waals surface area contributed by atoms with Crippen LogP contribution in [0.1, 0.15) is 37.9 Å². The molecule has 1 aliphatic carbocycles. The van der Waals surface area contributed by atoms with Crippen LogP contribution in [-0.2, 0) is 9.59 Å². The maximum atomic E-state index is 12.2. The van der Waals surface area contributed by atoms with E-state index in [-0.39, 0.29) is 24.2 Å². The molecule has 1 unspecified atom stereocenters. The average Bonchev–Trinajstić information content (AvgIpc) is 3.10. The second-order valence-electron chi connectivity index (χ2n) is 5.69. The highest BCUT2D eigenvalue weighted by Gasteiger charge is 2.37. The number of carbonyl (C=O) groups is 2. The molecule has 0 bridgehead atoms. The van der Waals surface area contributed by atoms with Gasteiger partial charge in [0.25, 0.3) is 0 Å². The van der Waals surface area contributed by atoms with Gasteiger partial charge in [-0.05, 0) is 19.8 Å². The molecule has 0 spiro atoms. The van der Waals surface area contributed by atoms with Crippen molar-refractivity contribution in [1.82, 2.24) is 10.5 Å². The molecule has 1 saturated heterocycles. The Morgan fingerprint density at radius 2 is 2.20 bits per heavy atom. The van der Waals surface area contributed by atoms with E-state index in [0.717, 1.165) is 12.8 Å². The molecule has 1 N–H and O–H groups in total. The van der Waals surface area contributed by atoms with Gasteiger partial charge in [-0.3, -0.25) is 14.5 Å². The third-order valence-corrected chi connectivity index (χ3v) is 4.09. The molecule has 6 nitrogen and oxygen atoms in total. The molecular weight excluding hydrogens is 258 g/mol. The number of rotatable bonds is 3. The lowest BCUT2D eigenvalue weighted by atomic mass is 10.1. The first-order valence-electron chi connectivity index (χ1n) is 7.17. The van der Waals surface area contributed by atoms with Gasteiger partial charge in [-0.2, -0.15) is 0 Å². The second kappa shape index (κ2) is 5.26. The third kappa shape index (κ3) is 2.55. The number of hydrogen-bond donors (Lipinski definition) is 1. The fourth-order valence-electron chi connectivity index (χ4n) is 2.97. The van der Waals surface area contributed by atoms with Crippen molar-refractivity contribution in [3.8, 4) is 0 Å². The quantitative estimate of drug-likeness (QED) is 0.906. The summed E-state index contributed by atoms with van der Waals surface area (Å²) >= 11 is 0. The van der Waals surface area contributed by atoms with Crippen molar-refractivity contribution in [1.29, 1.82) is 0 Å². The van der Waals surface area contributed by atoms with Gasteiger partial charge in [0.2, 0.25) is 11.8 Å². The summed E-state index contributed by atoms with van der Waals surface area (Å²) in [4.78, 5) is 25.7. The van der Waals surface area contributed by atoms with E-state index in [9.17, 15) is 9.59 Å². The monoisotopic (exact) mass is 277 g/mol. The van der Waals surface area contributed by atoms with Gasteiger partial charge < -0.3 is 9.84 Å². The minimum atomic E-state index is -0.278. The summed E-state index contributed by atoms with van der Waals surface area (Å²) in [5.74, 6) is 0.813. The first kappa shape index (κ1) is 13.1. The van der Waals surface area contributed by atoms with E-state index < -0.39 is 0 Å². The molecule has 2 amide bonds. The number of hydrogen-bond acceptors (Lipinski definition) is 4. The van der Waals surface area contributed by atoms with Crippen LogP contribution in [0, 0.1) is 12.8 Å². The molecule has 1 aliphatic heterocycles. The Morgan fingerprint density at radius 3 is 2.85 bits per heavy atom. The summed E-state index contributed by atoms with van der Waals surface area (Å²) in [6.07, 6.45) is 4.72. The van der Waals surface area contributed by atoms with Crippen LogP contribution < -0.4 is 10.2 Å². The van der Waals surface area contributed by atoms with Crippen LogP contribution in [0.5, 0.6) is 0 Å². The molecule has 2 aliphatic rings. The predicted octanol–water partition coefficient (Wildman–Crippen LogP) is 1.39. The van der Waals surface area contributed by atoms with E-state index >= 15 is 0 Å². The number of carbonyl (C=O) groups excluding carboxylic acids is 2. The van der Waals surface area contributed by atoms with Crippen LogP contribution in [0.25, 0.3) is 0 Å². The molecule has 3 rings (SSSR count). The summed E-state index contributed by atoms with van der Waals surface area (Å²) in [5.41, 5.74) is 0. The van der Waals surface area contributed by atoms with E-state index in [0.29, 0.717) is 24.2 Å². The van der Waals surface area contributed by atoms with Crippen molar-refractivity contribution in [2.24, 2.45) is 5.92 Å². The zero-order chi connectivity index (χ0) is 14.1. The number of aryl methyl sites for hydroxylation is 1. The van der Waals surface area contributed by atoms with Crippen LogP contribution in [-0.4, -0.2) is 29.6 Å². The van der Waals surface area contributed by atoms with Gasteiger partial charge in [0.1, 0.15) is 5.76 Å². The van der Waals surface area contributed by atoms with Crippen LogP contribution in [0.15, 0.2) is 10.6 Å². The van der Waals surface area contributed by atoms with Crippen LogP contribution >= 0.6 is 0 Å². The molecular formula is C14H19N3O3. The summed E-state index contributed by atoms with van der Waals surface area (Å²) in [6, 6.07) is 2.01. The molecule has 2 heterocycles. The molecule has 1 saturated carbocycles. The lowest BCUT2D eigenvalue weighted by Gasteiger charge is -2.16. The van der Waals surface area contributed by atoms with Gasteiger partial charge in [0.05, 0.1) is 5.92 Å². The average molecular weight is 277 g/mol. The fourth-order valence-corrected chi connectivity index (χ4v) is 2.97. The van der Waals surface area contributed by atoms with Crippen molar-refractivity contribution >= 4 is 17.6 Å². The van der Waals surface area contributed by atoms with E-state index in [1.54, 1.807) is 13.0 Å². The Morgan fingerprint density at radius 1 is 1.45 bits per heavy atom. The number of anilines is 1.